The first-order valence-corrected chi connectivity index (χ1v) is 43.4. The zero-order chi connectivity index (χ0) is 96.3. The van der Waals surface area contributed by atoms with E-state index in [9.17, 15) is 137 Å². The predicted octanol–water partition coefficient (Wildman–Crippen LogP) is 2.58. The molecule has 1 heterocycles. The number of aliphatic hydroxyl groups is 4. The maximum atomic E-state index is 14.8. The third-order valence-corrected chi connectivity index (χ3v) is 22.3. The number of amides is 7. The SMILES string of the molecule is CC[C@H](C)[C@H](NC(=O)[C@H](CO)CC(=O)[C@H](Cc1ccc(O)cc1)NC(=O)[C@H](CC(=O)O)CC(=O)[C@H](CO)NC(=O)[C@@H](CC(=O)[C@H](Cc1ccccc1)NC(=O)[C@@H](CC(=O)CNC(=O)[C@H](CCC(=O)O)CC(=O)CCCC(=O)Cn1ccccc1=O)[C@@H](C)O)[C@@H](C)O)C(=O)C[C@@H](Cc1ccc(O)cc1)C(=O)N[C@@H](CC(C)C)C(=O)C[C@@H](CC(=O)O)C(=O)N[C@H](C)CCCCN. The number of rotatable bonds is 65. The highest BCUT2D eigenvalue weighted by Gasteiger charge is 2.41. The number of carboxylic acid groups (broad SMARTS) is 3. The highest BCUT2D eigenvalue weighted by molar-refractivity contribution is 6.01. The van der Waals surface area contributed by atoms with Crippen LogP contribution in [0.4, 0.5) is 0 Å². The number of carbonyl (C=O) groups excluding carboxylic acids is 15. The Morgan fingerprint density at radius 1 is 0.403 bits per heavy atom. The Labute approximate surface area is 748 Å². The maximum Gasteiger partial charge on any atom is 0.304 e. The Morgan fingerprint density at radius 3 is 1.39 bits per heavy atom. The van der Waals surface area contributed by atoms with Crippen molar-refractivity contribution in [2.45, 2.75) is 245 Å². The Hall–Kier alpha value is -11.9. The van der Waals surface area contributed by atoms with Crippen LogP contribution in [0.3, 0.4) is 0 Å². The second-order valence-electron chi connectivity index (χ2n) is 33.7. The van der Waals surface area contributed by atoms with Gasteiger partial charge in [0.1, 0.15) is 23.3 Å². The molecule has 0 spiro atoms. The first-order chi connectivity index (χ1) is 60.9. The fraction of sp³-hybridized carbons (Fsp3) is 0.554. The molecule has 0 unspecified atom stereocenters. The molecule has 0 saturated heterocycles. The molecule has 3 aromatic carbocycles. The largest absolute Gasteiger partial charge is 0.508 e. The fourth-order valence-corrected chi connectivity index (χ4v) is 14.6. The van der Waals surface area contributed by atoms with Crippen molar-refractivity contribution in [1.82, 2.24) is 41.8 Å². The number of carbonyl (C=O) groups is 18. The van der Waals surface area contributed by atoms with Gasteiger partial charge in [-0.25, -0.2) is 0 Å². The highest BCUT2D eigenvalue weighted by atomic mass is 16.4. The number of hydrogen-bond acceptors (Lipinski definition) is 26. The lowest BCUT2D eigenvalue weighted by Gasteiger charge is -2.28. The molecule has 4 rings (SSSR count). The molecule has 0 aliphatic rings. The van der Waals surface area contributed by atoms with E-state index in [0.717, 1.165) is 13.8 Å². The molecule has 37 heteroatoms. The molecule has 0 fully saturated rings. The van der Waals surface area contributed by atoms with E-state index < -0.39 is 285 Å². The molecule has 1 aromatic heterocycles. The van der Waals surface area contributed by atoms with Gasteiger partial charge in [-0.3, -0.25) is 91.1 Å². The zero-order valence-corrected chi connectivity index (χ0v) is 74.0. The van der Waals surface area contributed by atoms with Crippen LogP contribution in [0.25, 0.3) is 0 Å². The summed E-state index contributed by atoms with van der Waals surface area (Å²) >= 11 is 0. The number of phenols is 2. The van der Waals surface area contributed by atoms with Crippen molar-refractivity contribution in [3.63, 3.8) is 0 Å². The number of hydrogen-bond donors (Lipinski definition) is 17. The number of nitrogens with one attached hydrogen (secondary N) is 7. The van der Waals surface area contributed by atoms with Crippen molar-refractivity contribution in [1.29, 1.82) is 0 Å². The van der Waals surface area contributed by atoms with E-state index in [-0.39, 0.29) is 92.7 Å². The number of aromatic nitrogens is 1. The molecule has 0 aliphatic carbocycles. The minimum Gasteiger partial charge on any atom is -0.508 e. The van der Waals surface area contributed by atoms with Gasteiger partial charge in [0, 0.05) is 94.3 Å². The highest BCUT2D eigenvalue weighted by Crippen LogP contribution is 2.27. The number of aromatic hydroxyl groups is 2. The summed E-state index contributed by atoms with van der Waals surface area (Å²) in [5.41, 5.74) is 6.36. The standard InChI is InChI=1S/C92H127N9O28/c1-8-53(4)85(80(115)42-61(36-58-23-28-65(106)29-24-58)88(125)96-72(35-52(2)3)76(111)40-62(44-83(119)120)87(124)95-54(5)17-12-14-33-93)100-90(127)64(50-102)43-77(112)73(38-59-25-30-66(107)31-26-59)97-89(126)63(45-84(121)122)41-78(113)75(51-103)99-92(129)71(56(7)105)47-79(114)74(37-57-18-10-9-11-19-57)98-91(128)70(55(6)104)46-69(110)48-94-86(123)60(27-32-82(117)118)39-67(108)20-16-21-68(109)49-101-34-15-13-22-81(101)116/h9-11,13,15,18-19,22-26,28-31,34,52-56,60-64,70-75,85,102-107H,8,12,14,16-17,20-21,27,32-33,35-51,93H2,1-7H3,(H,94,123)(H,95,124)(H,96,125)(H,97,126)(H,98,128)(H,99,129)(H,100,127)(H,117,118)(H,119,120)(H,121,122)/t53-,54+,55+,56+,60+,61+,62-,63-,64-,70-,71-,72-,73-,74-,75-,85-/m0/s1. The molecule has 0 aliphatic heterocycles. The summed E-state index contributed by atoms with van der Waals surface area (Å²) in [7, 11) is 0. The van der Waals surface area contributed by atoms with Crippen molar-refractivity contribution in [3.8, 4) is 11.5 Å². The number of nitrogens with zero attached hydrogens (tertiary/aromatic N) is 1. The summed E-state index contributed by atoms with van der Waals surface area (Å²) in [5.74, 6) is -29.8. The number of aliphatic hydroxyl groups excluding tert-OH is 4. The van der Waals surface area contributed by atoms with Crippen LogP contribution >= 0.6 is 0 Å². The monoisotopic (exact) mass is 1810 g/mol. The van der Waals surface area contributed by atoms with Gasteiger partial charge in [-0.2, -0.15) is 0 Å². The van der Waals surface area contributed by atoms with Gasteiger partial charge in [0.15, 0.2) is 40.5 Å². The normalized spacial score (nSPS) is 15.0. The molecule has 0 radical (unpaired) electrons. The van der Waals surface area contributed by atoms with Crippen LogP contribution in [0.1, 0.15) is 187 Å². The van der Waals surface area contributed by atoms with Crippen LogP contribution in [-0.4, -0.2) is 231 Å². The number of pyridine rings is 1. The van der Waals surface area contributed by atoms with Crippen LogP contribution in [0.5, 0.6) is 11.5 Å². The number of unbranched alkanes of at least 4 members (excludes halogenated alkanes) is 1. The van der Waals surface area contributed by atoms with E-state index in [1.54, 1.807) is 71.0 Å². The average molecular weight is 1810 g/mol. The van der Waals surface area contributed by atoms with E-state index in [1.165, 1.54) is 71.4 Å². The van der Waals surface area contributed by atoms with E-state index in [2.05, 4.69) is 37.2 Å². The molecule has 37 nitrogen and oxygen atoms in total. The summed E-state index contributed by atoms with van der Waals surface area (Å²) in [4.78, 5) is 259. The summed E-state index contributed by atoms with van der Waals surface area (Å²) in [5, 5.41) is 111. The van der Waals surface area contributed by atoms with Crippen molar-refractivity contribution in [2.24, 2.45) is 59.0 Å². The molecule has 16 atom stereocenters. The molecular weight excluding hydrogens is 1680 g/mol. The van der Waals surface area contributed by atoms with Crippen LogP contribution in [0.2, 0.25) is 0 Å². The van der Waals surface area contributed by atoms with E-state index in [0.29, 0.717) is 36.9 Å². The van der Waals surface area contributed by atoms with Gasteiger partial charge in [0.05, 0.1) is 105 Å². The molecule has 708 valence electrons. The lowest BCUT2D eigenvalue weighted by atomic mass is 9.85. The molecular formula is C92H127N9O28. The molecule has 0 bridgehead atoms. The number of aliphatic carboxylic acids is 3. The van der Waals surface area contributed by atoms with Gasteiger partial charge in [0.25, 0.3) is 5.56 Å². The number of benzene rings is 3. The summed E-state index contributed by atoms with van der Waals surface area (Å²) in [6, 6.07) is 14.8. The number of Topliss-reactive ketones (excluding diaryl/α,β-unsaturated/α-hetero) is 8. The Kier molecular flexibility index (Phi) is 47.8. The third-order valence-electron chi connectivity index (χ3n) is 22.3. The van der Waals surface area contributed by atoms with Gasteiger partial charge >= 0.3 is 17.9 Å². The second kappa shape index (κ2) is 56.4. The minimum absolute atomic E-state index is 0.0251. The summed E-state index contributed by atoms with van der Waals surface area (Å²) in [6.07, 6.45) is -8.93. The van der Waals surface area contributed by atoms with Gasteiger partial charge in [0.2, 0.25) is 41.4 Å². The topological polar surface area (TPSA) is 622 Å². The molecule has 129 heavy (non-hydrogen) atoms. The van der Waals surface area contributed by atoms with Crippen LogP contribution in [0, 0.1) is 53.3 Å². The maximum absolute atomic E-state index is 14.8. The van der Waals surface area contributed by atoms with E-state index >= 15 is 0 Å². The smallest absolute Gasteiger partial charge is 0.304 e. The number of nitrogens with two attached hydrogens (primary N) is 1. The van der Waals surface area contributed by atoms with Gasteiger partial charge in [-0.05, 0) is 138 Å². The lowest BCUT2D eigenvalue weighted by molar-refractivity contribution is -0.143. The van der Waals surface area contributed by atoms with E-state index in [1.807, 2.05) is 0 Å². The van der Waals surface area contributed by atoms with Gasteiger partial charge in [-0.1, -0.05) is 101 Å². The van der Waals surface area contributed by atoms with Crippen molar-refractivity contribution in [3.05, 3.63) is 130 Å². The lowest BCUT2D eigenvalue weighted by Crippen LogP contribution is -2.52. The number of ketones is 8. The molecule has 0 saturated carbocycles. The Bertz CT molecular complexity index is 4520. The van der Waals surface area contributed by atoms with Crippen LogP contribution < -0.4 is 48.5 Å². The number of carboxylic acids is 3. The summed E-state index contributed by atoms with van der Waals surface area (Å²) in [6.45, 7) is 7.92. The first kappa shape index (κ1) is 109. The van der Waals surface area contributed by atoms with Crippen molar-refractivity contribution in [2.75, 3.05) is 26.3 Å². The summed E-state index contributed by atoms with van der Waals surface area (Å²) < 4.78 is 1.19. The number of phenolic OH excluding ortho intramolecular Hbond substituents is 2. The second-order valence-corrected chi connectivity index (χ2v) is 33.7. The Balaban J connectivity index is 1.54. The fourth-order valence-electron chi connectivity index (χ4n) is 14.6. The third kappa shape index (κ3) is 40.1. The van der Waals surface area contributed by atoms with Gasteiger partial charge in [-0.15, -0.1) is 0 Å². The van der Waals surface area contributed by atoms with Gasteiger partial charge < -0.3 is 93.5 Å². The van der Waals surface area contributed by atoms with Crippen LogP contribution in [0.15, 0.2) is 108 Å². The Morgan fingerprint density at radius 2 is 0.868 bits per heavy atom. The minimum atomic E-state index is -1.99. The molecule has 7 amide bonds. The molecule has 4 aromatic rings. The van der Waals surface area contributed by atoms with Crippen LogP contribution in [-0.2, 0) is 112 Å². The zero-order valence-electron chi connectivity index (χ0n) is 74.0. The van der Waals surface area contributed by atoms with Crippen molar-refractivity contribution < 1.29 is 132 Å². The van der Waals surface area contributed by atoms with Crippen molar-refractivity contribution >= 4 is 106 Å². The average Bonchev–Trinajstić information content (AvgIpc) is 0.836. The molecule has 18 N–H and O–H groups in total. The predicted molar refractivity (Wildman–Crippen MR) is 466 cm³/mol. The quantitative estimate of drug-likeness (QED) is 0.0282. The first-order valence-electron chi connectivity index (χ1n) is 43.4. The van der Waals surface area contributed by atoms with E-state index in [4.69, 9.17) is 5.73 Å².